The normalized spacial score (nSPS) is 10.7. The molecule has 0 radical (unpaired) electrons. The van der Waals surface area contributed by atoms with Crippen molar-refractivity contribution in [2.24, 2.45) is 0 Å². The second-order valence-electron chi connectivity index (χ2n) is 4.48. The van der Waals surface area contributed by atoms with Gasteiger partial charge in [0, 0.05) is 22.7 Å². The van der Waals surface area contributed by atoms with E-state index in [1.54, 1.807) is 0 Å². The van der Waals surface area contributed by atoms with Gasteiger partial charge >= 0.3 is 5.97 Å². The number of H-pyrrole nitrogens is 1. The van der Waals surface area contributed by atoms with Crippen molar-refractivity contribution in [2.75, 3.05) is 0 Å². The maximum Gasteiger partial charge on any atom is 0.307 e. The molecule has 0 amide bonds. The minimum atomic E-state index is -0.813. The van der Waals surface area contributed by atoms with Gasteiger partial charge in [0.1, 0.15) is 0 Å². The molecule has 0 bridgehead atoms. The Balaban J connectivity index is 2.19. The summed E-state index contributed by atoms with van der Waals surface area (Å²) in [4.78, 5) is 14.2. The smallest absolute Gasteiger partial charge is 0.307 e. The molecule has 0 aliphatic heterocycles. The van der Waals surface area contributed by atoms with Gasteiger partial charge in [0.25, 0.3) is 0 Å². The van der Waals surface area contributed by atoms with Crippen LogP contribution in [0.4, 0.5) is 0 Å². The number of hydrogen-bond donors (Lipinski definition) is 2. The number of aliphatic carboxylic acids is 1. The number of aromatic nitrogens is 1. The van der Waals surface area contributed by atoms with E-state index in [2.05, 4.69) is 4.98 Å². The largest absolute Gasteiger partial charge is 0.481 e. The van der Waals surface area contributed by atoms with E-state index in [1.165, 1.54) is 0 Å². The Morgan fingerprint density at radius 1 is 1.00 bits per heavy atom. The highest BCUT2D eigenvalue weighted by molar-refractivity contribution is 5.96. The fraction of sp³-hybridized carbons (Fsp3) is 0.0625. The molecule has 0 atom stereocenters. The Morgan fingerprint density at radius 3 is 2.58 bits per heavy atom. The third kappa shape index (κ3) is 2.10. The minimum Gasteiger partial charge on any atom is -0.481 e. The number of carbonyl (C=O) groups is 1. The van der Waals surface area contributed by atoms with Gasteiger partial charge in [-0.25, -0.2) is 0 Å². The molecular formula is C16H13NO2. The van der Waals surface area contributed by atoms with Crippen LogP contribution in [-0.4, -0.2) is 16.1 Å². The summed E-state index contributed by atoms with van der Waals surface area (Å²) in [6.07, 6.45) is 1.97. The molecule has 0 unspecified atom stereocenters. The van der Waals surface area contributed by atoms with Gasteiger partial charge in [0.05, 0.1) is 6.42 Å². The van der Waals surface area contributed by atoms with Gasteiger partial charge in [0.2, 0.25) is 0 Å². The van der Waals surface area contributed by atoms with Crippen LogP contribution in [0.1, 0.15) is 5.56 Å². The summed E-state index contributed by atoms with van der Waals surface area (Å²) in [6, 6.07) is 15.7. The Kier molecular flexibility index (Phi) is 2.80. The third-order valence-corrected chi connectivity index (χ3v) is 3.24. The molecule has 0 saturated carbocycles. The van der Waals surface area contributed by atoms with Gasteiger partial charge in [0.15, 0.2) is 0 Å². The van der Waals surface area contributed by atoms with Crippen molar-refractivity contribution in [3.05, 3.63) is 60.3 Å². The number of para-hydroxylation sites is 1. The van der Waals surface area contributed by atoms with Gasteiger partial charge in [-0.3, -0.25) is 4.79 Å². The summed E-state index contributed by atoms with van der Waals surface area (Å²) >= 11 is 0. The lowest BCUT2D eigenvalue weighted by Gasteiger charge is -2.06. The number of carboxylic acid groups (broad SMARTS) is 1. The molecule has 1 aromatic heterocycles. The summed E-state index contributed by atoms with van der Waals surface area (Å²) in [6.45, 7) is 0. The van der Waals surface area contributed by atoms with Gasteiger partial charge in [-0.05, 0) is 17.2 Å². The van der Waals surface area contributed by atoms with Gasteiger partial charge in [-0.1, -0.05) is 42.5 Å². The van der Waals surface area contributed by atoms with Gasteiger partial charge in [-0.15, -0.1) is 0 Å². The minimum absolute atomic E-state index is 0.0374. The van der Waals surface area contributed by atoms with E-state index in [0.717, 1.165) is 27.6 Å². The molecule has 0 aliphatic carbocycles. The number of carboxylic acids is 1. The fourth-order valence-electron chi connectivity index (χ4n) is 2.39. The molecule has 3 heteroatoms. The Morgan fingerprint density at radius 2 is 1.74 bits per heavy atom. The molecule has 2 aromatic carbocycles. The summed E-state index contributed by atoms with van der Waals surface area (Å²) in [7, 11) is 0. The van der Waals surface area contributed by atoms with E-state index in [1.807, 2.05) is 54.7 Å². The monoisotopic (exact) mass is 251 g/mol. The van der Waals surface area contributed by atoms with Crippen molar-refractivity contribution in [3.8, 4) is 11.1 Å². The zero-order valence-corrected chi connectivity index (χ0v) is 10.3. The van der Waals surface area contributed by atoms with Crippen LogP contribution in [0.25, 0.3) is 22.0 Å². The maximum atomic E-state index is 10.9. The van der Waals surface area contributed by atoms with Crippen molar-refractivity contribution in [1.29, 1.82) is 0 Å². The van der Waals surface area contributed by atoms with Crippen molar-refractivity contribution in [2.45, 2.75) is 6.42 Å². The van der Waals surface area contributed by atoms with E-state index in [9.17, 15) is 4.79 Å². The first-order valence-corrected chi connectivity index (χ1v) is 6.12. The van der Waals surface area contributed by atoms with Crippen LogP contribution >= 0.6 is 0 Å². The first kappa shape index (κ1) is 11.5. The van der Waals surface area contributed by atoms with Crippen LogP contribution in [0, 0.1) is 0 Å². The Bertz CT molecular complexity index is 743. The number of aromatic amines is 1. The van der Waals surface area contributed by atoms with Crippen LogP contribution < -0.4 is 0 Å². The van der Waals surface area contributed by atoms with Crippen molar-refractivity contribution in [3.63, 3.8) is 0 Å². The predicted molar refractivity (Wildman–Crippen MR) is 75.1 cm³/mol. The van der Waals surface area contributed by atoms with Crippen LogP contribution in [0.2, 0.25) is 0 Å². The zero-order valence-electron chi connectivity index (χ0n) is 10.3. The molecule has 3 rings (SSSR count). The van der Waals surface area contributed by atoms with E-state index >= 15 is 0 Å². The van der Waals surface area contributed by atoms with Crippen molar-refractivity contribution in [1.82, 2.24) is 4.98 Å². The molecule has 0 saturated heterocycles. The van der Waals surface area contributed by atoms with Crippen molar-refractivity contribution >= 4 is 16.9 Å². The SMILES string of the molecule is O=C(O)Cc1ccccc1-c1c[nH]c2ccccc12. The first-order valence-electron chi connectivity index (χ1n) is 6.12. The van der Waals surface area contributed by atoms with E-state index in [4.69, 9.17) is 5.11 Å². The Hall–Kier alpha value is -2.55. The zero-order chi connectivity index (χ0) is 13.2. The maximum absolute atomic E-state index is 10.9. The van der Waals surface area contributed by atoms with Gasteiger partial charge < -0.3 is 10.1 Å². The van der Waals surface area contributed by atoms with Gasteiger partial charge in [-0.2, -0.15) is 0 Å². The van der Waals surface area contributed by atoms with E-state index < -0.39 is 5.97 Å². The lowest BCUT2D eigenvalue weighted by Crippen LogP contribution is -2.01. The van der Waals surface area contributed by atoms with Crippen LogP contribution in [0.5, 0.6) is 0 Å². The third-order valence-electron chi connectivity index (χ3n) is 3.24. The summed E-state index contributed by atoms with van der Waals surface area (Å²) in [5, 5.41) is 10.1. The summed E-state index contributed by atoms with van der Waals surface area (Å²) in [5.41, 5.74) is 3.91. The average Bonchev–Trinajstić information content (AvgIpc) is 2.82. The molecule has 94 valence electrons. The molecule has 19 heavy (non-hydrogen) atoms. The second kappa shape index (κ2) is 4.61. The number of rotatable bonds is 3. The van der Waals surface area contributed by atoms with E-state index in [0.29, 0.717) is 0 Å². The number of benzene rings is 2. The molecule has 0 spiro atoms. The first-order chi connectivity index (χ1) is 9.25. The summed E-state index contributed by atoms with van der Waals surface area (Å²) < 4.78 is 0. The molecule has 0 aliphatic rings. The lowest BCUT2D eigenvalue weighted by atomic mass is 9.97. The lowest BCUT2D eigenvalue weighted by molar-refractivity contribution is -0.136. The van der Waals surface area contributed by atoms with E-state index in [-0.39, 0.29) is 6.42 Å². The highest BCUT2D eigenvalue weighted by atomic mass is 16.4. The summed E-state index contributed by atoms with van der Waals surface area (Å²) in [5.74, 6) is -0.813. The Labute approximate surface area is 110 Å². The molecule has 0 fully saturated rings. The fourth-order valence-corrected chi connectivity index (χ4v) is 2.39. The van der Waals surface area contributed by atoms with Crippen molar-refractivity contribution < 1.29 is 9.90 Å². The molecular weight excluding hydrogens is 238 g/mol. The highest BCUT2D eigenvalue weighted by Gasteiger charge is 2.11. The number of hydrogen-bond acceptors (Lipinski definition) is 1. The predicted octanol–water partition coefficient (Wildman–Crippen LogP) is 3.46. The average molecular weight is 251 g/mol. The second-order valence-corrected chi connectivity index (χ2v) is 4.48. The molecule has 3 nitrogen and oxygen atoms in total. The van der Waals surface area contributed by atoms with Crippen LogP contribution in [-0.2, 0) is 11.2 Å². The number of fused-ring (bicyclic) bond motifs is 1. The molecule has 1 heterocycles. The van der Waals surface area contributed by atoms with Crippen LogP contribution in [0.3, 0.4) is 0 Å². The molecule has 3 aromatic rings. The standard InChI is InChI=1S/C16H13NO2/c18-16(19)9-11-5-1-2-6-12(11)14-10-17-15-8-4-3-7-13(14)15/h1-8,10,17H,9H2,(H,18,19). The quantitative estimate of drug-likeness (QED) is 0.749. The molecule has 2 N–H and O–H groups in total. The topological polar surface area (TPSA) is 53.1 Å². The highest BCUT2D eigenvalue weighted by Crippen LogP contribution is 2.31. The van der Waals surface area contributed by atoms with Crippen LogP contribution in [0.15, 0.2) is 54.7 Å². The number of nitrogens with one attached hydrogen (secondary N) is 1.